The third-order valence-electron chi connectivity index (χ3n) is 3.84. The molecule has 1 heterocycles. The quantitative estimate of drug-likeness (QED) is 0.907. The van der Waals surface area contributed by atoms with Gasteiger partial charge >= 0.3 is 0 Å². The average Bonchev–Trinajstić information content (AvgIpc) is 2.69. The van der Waals surface area contributed by atoms with E-state index in [2.05, 4.69) is 15.7 Å². The Balaban J connectivity index is 2.10. The molecule has 1 amide bonds. The first-order chi connectivity index (χ1) is 9.93. The number of rotatable bonds is 4. The van der Waals surface area contributed by atoms with Crippen LogP contribution in [0.5, 0.6) is 0 Å². The molecule has 0 radical (unpaired) electrons. The number of anilines is 1. The van der Waals surface area contributed by atoms with Gasteiger partial charge in [0.15, 0.2) is 0 Å². The number of hydrogen-bond donors (Lipinski definition) is 2. The van der Waals surface area contributed by atoms with E-state index in [0.29, 0.717) is 12.1 Å². The Morgan fingerprint density at radius 2 is 2.00 bits per heavy atom. The minimum Gasteiger partial charge on any atom is -0.388 e. The number of hydrogen-bond acceptors (Lipinski definition) is 3. The van der Waals surface area contributed by atoms with Crippen molar-refractivity contribution in [2.24, 2.45) is 7.05 Å². The van der Waals surface area contributed by atoms with Gasteiger partial charge < -0.3 is 10.6 Å². The Bertz CT molecular complexity index is 673. The fourth-order valence-corrected chi connectivity index (χ4v) is 2.43. The third kappa shape index (κ3) is 3.07. The van der Waals surface area contributed by atoms with Crippen LogP contribution in [0.1, 0.15) is 32.9 Å². The number of carbonyl (C=O) groups is 1. The molecule has 0 fully saturated rings. The molecule has 2 N–H and O–H groups in total. The van der Waals surface area contributed by atoms with Gasteiger partial charge in [-0.05, 0) is 44.5 Å². The number of nitrogens with one attached hydrogen (secondary N) is 2. The van der Waals surface area contributed by atoms with Crippen LogP contribution in [0.3, 0.4) is 0 Å². The zero-order valence-electron chi connectivity index (χ0n) is 13.2. The minimum atomic E-state index is -0.0663. The normalized spacial score (nSPS) is 10.5. The van der Waals surface area contributed by atoms with Crippen LogP contribution in [0.15, 0.2) is 18.2 Å². The molecule has 1 aromatic heterocycles. The van der Waals surface area contributed by atoms with Crippen molar-refractivity contribution in [3.05, 3.63) is 46.3 Å². The maximum atomic E-state index is 12.2. The second-order valence-corrected chi connectivity index (χ2v) is 5.24. The van der Waals surface area contributed by atoms with E-state index < -0.39 is 0 Å². The van der Waals surface area contributed by atoms with Crippen LogP contribution in [0.25, 0.3) is 0 Å². The van der Waals surface area contributed by atoms with Crippen molar-refractivity contribution in [2.75, 3.05) is 12.4 Å². The predicted octanol–water partition coefficient (Wildman–Crippen LogP) is 2.32. The second-order valence-electron chi connectivity index (χ2n) is 5.24. The predicted molar refractivity (Wildman–Crippen MR) is 84.6 cm³/mol. The largest absolute Gasteiger partial charge is 0.388 e. The molecule has 0 saturated heterocycles. The molecule has 0 spiro atoms. The Morgan fingerprint density at radius 3 is 2.52 bits per heavy atom. The van der Waals surface area contributed by atoms with Gasteiger partial charge in [0, 0.05) is 43.1 Å². The van der Waals surface area contributed by atoms with Crippen molar-refractivity contribution in [3.8, 4) is 0 Å². The van der Waals surface area contributed by atoms with Crippen LogP contribution in [0.4, 0.5) is 5.69 Å². The van der Waals surface area contributed by atoms with Crippen LogP contribution in [-0.2, 0) is 13.6 Å². The summed E-state index contributed by atoms with van der Waals surface area (Å²) in [4.78, 5) is 12.2. The highest BCUT2D eigenvalue weighted by molar-refractivity contribution is 5.94. The number of aryl methyl sites for hydroxylation is 3. The van der Waals surface area contributed by atoms with E-state index in [9.17, 15) is 4.79 Å². The lowest BCUT2D eigenvalue weighted by Gasteiger charge is -2.09. The van der Waals surface area contributed by atoms with E-state index in [4.69, 9.17) is 0 Å². The fraction of sp³-hybridized carbons (Fsp3) is 0.375. The van der Waals surface area contributed by atoms with Crippen LogP contribution >= 0.6 is 0 Å². The molecule has 21 heavy (non-hydrogen) atoms. The SMILES string of the molecule is CNc1ccc(C(=O)NCc2c(C)nn(C)c2C)cc1C. The van der Waals surface area contributed by atoms with Crippen molar-refractivity contribution in [1.29, 1.82) is 0 Å². The number of aromatic nitrogens is 2. The standard InChI is InChI=1S/C16H22N4O/c1-10-8-13(6-7-15(10)17-4)16(21)18-9-14-11(2)19-20(5)12(14)3/h6-8,17H,9H2,1-5H3,(H,18,21). The summed E-state index contributed by atoms with van der Waals surface area (Å²) in [6.45, 7) is 6.45. The van der Waals surface area contributed by atoms with Crippen LogP contribution in [0, 0.1) is 20.8 Å². The molecule has 0 atom stereocenters. The van der Waals surface area contributed by atoms with E-state index in [-0.39, 0.29) is 5.91 Å². The Hall–Kier alpha value is -2.30. The molecule has 0 aliphatic carbocycles. The smallest absolute Gasteiger partial charge is 0.251 e. The van der Waals surface area contributed by atoms with E-state index in [1.807, 2.05) is 57.7 Å². The van der Waals surface area contributed by atoms with Crippen molar-refractivity contribution in [1.82, 2.24) is 15.1 Å². The third-order valence-corrected chi connectivity index (χ3v) is 3.84. The first kappa shape index (κ1) is 15.1. The summed E-state index contributed by atoms with van der Waals surface area (Å²) in [5.41, 5.74) is 5.87. The number of nitrogens with zero attached hydrogens (tertiary/aromatic N) is 2. The van der Waals surface area contributed by atoms with Gasteiger partial charge in [-0.15, -0.1) is 0 Å². The number of amides is 1. The Morgan fingerprint density at radius 1 is 1.29 bits per heavy atom. The summed E-state index contributed by atoms with van der Waals surface area (Å²) in [5.74, 6) is -0.0663. The van der Waals surface area contributed by atoms with Gasteiger partial charge in [-0.25, -0.2) is 0 Å². The lowest BCUT2D eigenvalue weighted by molar-refractivity contribution is 0.0951. The summed E-state index contributed by atoms with van der Waals surface area (Å²) in [6.07, 6.45) is 0. The molecule has 112 valence electrons. The Labute approximate surface area is 125 Å². The van der Waals surface area contributed by atoms with E-state index in [1.165, 1.54) is 0 Å². The fourth-order valence-electron chi connectivity index (χ4n) is 2.43. The molecule has 0 aliphatic heterocycles. The highest BCUT2D eigenvalue weighted by atomic mass is 16.1. The van der Waals surface area contributed by atoms with Gasteiger partial charge in [0.25, 0.3) is 5.91 Å². The van der Waals surface area contributed by atoms with E-state index in [0.717, 1.165) is 28.2 Å². The molecule has 0 saturated carbocycles. The van der Waals surface area contributed by atoms with Crippen molar-refractivity contribution in [2.45, 2.75) is 27.3 Å². The number of carbonyl (C=O) groups excluding carboxylic acids is 1. The summed E-state index contributed by atoms with van der Waals surface area (Å²) < 4.78 is 1.84. The summed E-state index contributed by atoms with van der Waals surface area (Å²) in [5, 5.41) is 10.4. The van der Waals surface area contributed by atoms with Gasteiger partial charge in [0.05, 0.1) is 5.69 Å². The minimum absolute atomic E-state index is 0.0663. The molecular weight excluding hydrogens is 264 g/mol. The summed E-state index contributed by atoms with van der Waals surface area (Å²) >= 11 is 0. The highest BCUT2D eigenvalue weighted by Crippen LogP contribution is 2.16. The van der Waals surface area contributed by atoms with Crippen LogP contribution < -0.4 is 10.6 Å². The number of benzene rings is 1. The summed E-state index contributed by atoms with van der Waals surface area (Å²) in [6, 6.07) is 5.64. The molecule has 2 aromatic rings. The molecule has 1 aromatic carbocycles. The maximum Gasteiger partial charge on any atom is 0.251 e. The molecule has 0 unspecified atom stereocenters. The van der Waals surface area contributed by atoms with Crippen LogP contribution in [0.2, 0.25) is 0 Å². The first-order valence-corrected chi connectivity index (χ1v) is 6.99. The molecule has 0 aliphatic rings. The van der Waals surface area contributed by atoms with Gasteiger partial charge in [0.2, 0.25) is 0 Å². The summed E-state index contributed by atoms with van der Waals surface area (Å²) in [7, 11) is 3.78. The topological polar surface area (TPSA) is 59.0 Å². The zero-order valence-corrected chi connectivity index (χ0v) is 13.2. The van der Waals surface area contributed by atoms with Gasteiger partial charge in [0.1, 0.15) is 0 Å². The zero-order chi connectivity index (χ0) is 15.6. The van der Waals surface area contributed by atoms with Crippen molar-refractivity contribution in [3.63, 3.8) is 0 Å². The Kier molecular flexibility index (Phi) is 4.31. The monoisotopic (exact) mass is 286 g/mol. The van der Waals surface area contributed by atoms with Crippen molar-refractivity contribution >= 4 is 11.6 Å². The van der Waals surface area contributed by atoms with Gasteiger partial charge in [-0.1, -0.05) is 0 Å². The second kappa shape index (κ2) is 5.99. The van der Waals surface area contributed by atoms with E-state index >= 15 is 0 Å². The molecule has 5 heteroatoms. The van der Waals surface area contributed by atoms with Gasteiger partial charge in [-0.2, -0.15) is 5.10 Å². The van der Waals surface area contributed by atoms with E-state index in [1.54, 1.807) is 0 Å². The molecule has 2 rings (SSSR count). The molecule has 5 nitrogen and oxygen atoms in total. The average molecular weight is 286 g/mol. The van der Waals surface area contributed by atoms with Crippen LogP contribution in [-0.4, -0.2) is 22.7 Å². The highest BCUT2D eigenvalue weighted by Gasteiger charge is 2.12. The van der Waals surface area contributed by atoms with Gasteiger partial charge in [-0.3, -0.25) is 9.48 Å². The van der Waals surface area contributed by atoms with Crippen molar-refractivity contribution < 1.29 is 4.79 Å². The lowest BCUT2D eigenvalue weighted by Crippen LogP contribution is -2.23. The first-order valence-electron chi connectivity index (χ1n) is 6.99. The maximum absolute atomic E-state index is 12.2. The lowest BCUT2D eigenvalue weighted by atomic mass is 10.1. The molecular formula is C16H22N4O. The molecule has 0 bridgehead atoms.